The van der Waals surface area contributed by atoms with Crippen LogP contribution in [-0.2, 0) is 4.79 Å². The third-order valence-electron chi connectivity index (χ3n) is 4.54. The van der Waals surface area contributed by atoms with Gasteiger partial charge in [-0.2, -0.15) is 5.10 Å². The van der Waals surface area contributed by atoms with Crippen molar-refractivity contribution in [1.82, 2.24) is 14.7 Å². The van der Waals surface area contributed by atoms with Crippen LogP contribution in [0.2, 0.25) is 0 Å². The third kappa shape index (κ3) is 4.38. The molecule has 0 aliphatic carbocycles. The summed E-state index contributed by atoms with van der Waals surface area (Å²) in [6, 6.07) is 8.14. The smallest absolute Gasteiger partial charge is 0.226 e. The van der Waals surface area contributed by atoms with E-state index in [9.17, 15) is 9.18 Å². The maximum atomic E-state index is 12.9. The number of carbonyl (C=O) groups is 1. The van der Waals surface area contributed by atoms with Crippen molar-refractivity contribution < 1.29 is 13.9 Å². The molecule has 1 aliphatic rings. The topological polar surface area (TPSA) is 47.4 Å². The second-order valence-corrected chi connectivity index (χ2v) is 6.56. The quantitative estimate of drug-likeness (QED) is 0.836. The Hall–Kier alpha value is -2.37. The number of amides is 1. The van der Waals surface area contributed by atoms with Gasteiger partial charge in [0.25, 0.3) is 0 Å². The van der Waals surface area contributed by atoms with Crippen LogP contribution in [0.5, 0.6) is 5.75 Å². The molecular weight excluding hydrogens is 321 g/mol. The molecule has 1 aromatic heterocycles. The highest BCUT2D eigenvalue weighted by atomic mass is 19.1. The molecule has 0 bridgehead atoms. The standard InChI is InChI=1S/C19H24FN3O2/c1-14-12-15(2)23(21-14)17-4-3-10-22(13-17)19(24)9-11-25-18-7-5-16(20)6-8-18/h5-8,12,17H,3-4,9-11,13H2,1-2H3/t17-/m0/s1. The number of carbonyl (C=O) groups excluding carboxylic acids is 1. The summed E-state index contributed by atoms with van der Waals surface area (Å²) in [5.41, 5.74) is 2.14. The van der Waals surface area contributed by atoms with Crippen molar-refractivity contribution >= 4 is 5.91 Å². The fourth-order valence-electron chi connectivity index (χ4n) is 3.34. The first-order valence-electron chi connectivity index (χ1n) is 8.72. The maximum Gasteiger partial charge on any atom is 0.226 e. The summed E-state index contributed by atoms with van der Waals surface area (Å²) in [5, 5.41) is 4.56. The van der Waals surface area contributed by atoms with Crippen LogP contribution >= 0.6 is 0 Å². The Bertz CT molecular complexity index is 727. The van der Waals surface area contributed by atoms with E-state index in [0.29, 0.717) is 25.3 Å². The Balaban J connectivity index is 1.51. The van der Waals surface area contributed by atoms with Crippen molar-refractivity contribution in [2.45, 2.75) is 39.2 Å². The first kappa shape index (κ1) is 17.5. The molecule has 1 atom stereocenters. The number of aromatic nitrogens is 2. The zero-order chi connectivity index (χ0) is 17.8. The van der Waals surface area contributed by atoms with Gasteiger partial charge in [0.15, 0.2) is 0 Å². The summed E-state index contributed by atoms with van der Waals surface area (Å²) in [5.74, 6) is 0.369. The molecule has 3 rings (SSSR count). The van der Waals surface area contributed by atoms with Crippen molar-refractivity contribution in [3.63, 3.8) is 0 Å². The van der Waals surface area contributed by atoms with E-state index >= 15 is 0 Å². The van der Waals surface area contributed by atoms with E-state index in [-0.39, 0.29) is 17.8 Å². The monoisotopic (exact) mass is 345 g/mol. The predicted molar refractivity (Wildman–Crippen MR) is 93.1 cm³/mol. The molecule has 25 heavy (non-hydrogen) atoms. The Kier molecular flexibility index (Phi) is 5.36. The Morgan fingerprint density at radius 3 is 2.76 bits per heavy atom. The lowest BCUT2D eigenvalue weighted by Gasteiger charge is -2.33. The third-order valence-corrected chi connectivity index (χ3v) is 4.54. The second kappa shape index (κ2) is 7.68. The van der Waals surface area contributed by atoms with Crippen LogP contribution in [0, 0.1) is 19.7 Å². The van der Waals surface area contributed by atoms with E-state index in [1.807, 2.05) is 16.5 Å². The molecule has 1 saturated heterocycles. The SMILES string of the molecule is Cc1cc(C)n([C@H]2CCCN(C(=O)CCOc3ccc(F)cc3)C2)n1. The van der Waals surface area contributed by atoms with Gasteiger partial charge in [0.05, 0.1) is 24.8 Å². The van der Waals surface area contributed by atoms with E-state index < -0.39 is 0 Å². The van der Waals surface area contributed by atoms with Crippen LogP contribution in [0.15, 0.2) is 30.3 Å². The molecule has 2 heterocycles. The van der Waals surface area contributed by atoms with Gasteiger partial charge in [-0.05, 0) is 57.0 Å². The maximum absolute atomic E-state index is 12.9. The minimum Gasteiger partial charge on any atom is -0.493 e. The Labute approximate surface area is 147 Å². The average Bonchev–Trinajstić information content (AvgIpc) is 2.95. The molecule has 0 spiro atoms. The summed E-state index contributed by atoms with van der Waals surface area (Å²) in [6.07, 6.45) is 2.34. The van der Waals surface area contributed by atoms with Crippen molar-refractivity contribution in [3.05, 3.63) is 47.5 Å². The van der Waals surface area contributed by atoms with E-state index in [1.54, 1.807) is 12.1 Å². The second-order valence-electron chi connectivity index (χ2n) is 6.56. The van der Waals surface area contributed by atoms with E-state index in [0.717, 1.165) is 30.8 Å². The van der Waals surface area contributed by atoms with E-state index in [1.165, 1.54) is 12.1 Å². The van der Waals surface area contributed by atoms with Crippen LogP contribution in [0.4, 0.5) is 4.39 Å². The number of rotatable bonds is 5. The Morgan fingerprint density at radius 1 is 1.32 bits per heavy atom. The zero-order valence-corrected chi connectivity index (χ0v) is 14.7. The lowest BCUT2D eigenvalue weighted by atomic mass is 10.1. The number of aryl methyl sites for hydroxylation is 2. The number of halogens is 1. The number of nitrogens with zero attached hydrogens (tertiary/aromatic N) is 3. The molecule has 0 radical (unpaired) electrons. The number of likely N-dealkylation sites (tertiary alicyclic amines) is 1. The lowest BCUT2D eigenvalue weighted by Crippen LogP contribution is -2.41. The molecule has 2 aromatic rings. The van der Waals surface area contributed by atoms with Gasteiger partial charge >= 0.3 is 0 Å². The molecule has 1 fully saturated rings. The average molecular weight is 345 g/mol. The molecular formula is C19H24FN3O2. The van der Waals surface area contributed by atoms with E-state index in [2.05, 4.69) is 18.1 Å². The van der Waals surface area contributed by atoms with Crippen LogP contribution < -0.4 is 4.74 Å². The van der Waals surface area contributed by atoms with Crippen molar-refractivity contribution in [2.75, 3.05) is 19.7 Å². The summed E-state index contributed by atoms with van der Waals surface area (Å²) < 4.78 is 20.4. The number of benzene rings is 1. The van der Waals surface area contributed by atoms with Crippen LogP contribution in [0.25, 0.3) is 0 Å². The molecule has 134 valence electrons. The van der Waals surface area contributed by atoms with Crippen LogP contribution in [-0.4, -0.2) is 40.3 Å². The molecule has 1 aromatic carbocycles. The summed E-state index contributed by atoms with van der Waals surface area (Å²) in [4.78, 5) is 14.4. The number of hydrogen-bond acceptors (Lipinski definition) is 3. The molecule has 0 unspecified atom stereocenters. The fourth-order valence-corrected chi connectivity index (χ4v) is 3.34. The van der Waals surface area contributed by atoms with Gasteiger partial charge < -0.3 is 9.64 Å². The fraction of sp³-hybridized carbons (Fsp3) is 0.474. The minimum absolute atomic E-state index is 0.0911. The predicted octanol–water partition coefficient (Wildman–Crippen LogP) is 3.27. The molecule has 0 N–H and O–H groups in total. The number of hydrogen-bond donors (Lipinski definition) is 0. The van der Waals surface area contributed by atoms with Gasteiger partial charge in [0, 0.05) is 18.8 Å². The minimum atomic E-state index is -0.299. The molecule has 1 amide bonds. The van der Waals surface area contributed by atoms with Gasteiger partial charge in [-0.3, -0.25) is 9.48 Å². The van der Waals surface area contributed by atoms with Crippen LogP contribution in [0.1, 0.15) is 36.7 Å². The summed E-state index contributed by atoms with van der Waals surface area (Å²) in [7, 11) is 0. The van der Waals surface area contributed by atoms with Crippen LogP contribution in [0.3, 0.4) is 0 Å². The highest BCUT2D eigenvalue weighted by molar-refractivity contribution is 5.76. The normalized spacial score (nSPS) is 17.6. The number of piperidine rings is 1. The molecule has 1 aliphatic heterocycles. The Morgan fingerprint density at radius 2 is 2.08 bits per heavy atom. The van der Waals surface area contributed by atoms with Gasteiger partial charge in [0.2, 0.25) is 5.91 Å². The first-order valence-corrected chi connectivity index (χ1v) is 8.72. The van der Waals surface area contributed by atoms with Gasteiger partial charge in [-0.1, -0.05) is 0 Å². The molecule has 6 heteroatoms. The van der Waals surface area contributed by atoms with Gasteiger partial charge in [-0.15, -0.1) is 0 Å². The van der Waals surface area contributed by atoms with Crippen molar-refractivity contribution in [1.29, 1.82) is 0 Å². The number of ether oxygens (including phenoxy) is 1. The highest BCUT2D eigenvalue weighted by Crippen LogP contribution is 2.23. The molecule has 0 saturated carbocycles. The lowest BCUT2D eigenvalue weighted by molar-refractivity contribution is -0.133. The van der Waals surface area contributed by atoms with E-state index in [4.69, 9.17) is 4.74 Å². The summed E-state index contributed by atoms with van der Waals surface area (Å²) in [6.45, 7) is 5.81. The van der Waals surface area contributed by atoms with Gasteiger partial charge in [0.1, 0.15) is 11.6 Å². The molecule has 5 nitrogen and oxygen atoms in total. The summed E-state index contributed by atoms with van der Waals surface area (Å²) >= 11 is 0. The van der Waals surface area contributed by atoms with Crippen molar-refractivity contribution in [3.8, 4) is 5.75 Å². The van der Waals surface area contributed by atoms with Gasteiger partial charge in [-0.25, -0.2) is 4.39 Å². The first-order chi connectivity index (χ1) is 12.0. The highest BCUT2D eigenvalue weighted by Gasteiger charge is 2.25. The largest absolute Gasteiger partial charge is 0.493 e. The van der Waals surface area contributed by atoms with Crippen molar-refractivity contribution in [2.24, 2.45) is 0 Å². The zero-order valence-electron chi connectivity index (χ0n) is 14.7.